The molecule has 2 aromatic carbocycles. The lowest BCUT2D eigenvalue weighted by Gasteiger charge is -2.40. The third-order valence-electron chi connectivity index (χ3n) is 6.90. The lowest BCUT2D eigenvalue weighted by atomic mass is 9.80. The Hall–Kier alpha value is -2.40. The highest BCUT2D eigenvalue weighted by Crippen LogP contribution is 2.46. The van der Waals surface area contributed by atoms with Gasteiger partial charge in [0.25, 0.3) is 0 Å². The number of rotatable bonds is 10. The Morgan fingerprint density at radius 3 is 2.35 bits per heavy atom. The minimum atomic E-state index is -3.96. The van der Waals surface area contributed by atoms with E-state index in [1.807, 2.05) is 58.9 Å². The van der Waals surface area contributed by atoms with Crippen LogP contribution < -0.4 is 14.6 Å². The van der Waals surface area contributed by atoms with Crippen LogP contribution in [-0.4, -0.2) is 31.6 Å². The number of benzene rings is 2. The Kier molecular flexibility index (Phi) is 11.0. The molecule has 0 saturated carbocycles. The van der Waals surface area contributed by atoms with Gasteiger partial charge < -0.3 is 19.8 Å². The zero-order valence-electron chi connectivity index (χ0n) is 24.2. The summed E-state index contributed by atoms with van der Waals surface area (Å²) in [6.07, 6.45) is 1.44. The first kappa shape index (κ1) is 33.8. The van der Waals surface area contributed by atoms with E-state index in [-0.39, 0.29) is 47.7 Å². The van der Waals surface area contributed by atoms with E-state index in [1.54, 1.807) is 26.0 Å². The van der Waals surface area contributed by atoms with Crippen molar-refractivity contribution in [1.82, 2.24) is 4.72 Å². The number of esters is 1. The Morgan fingerprint density at radius 2 is 1.82 bits per heavy atom. The molecule has 0 aliphatic carbocycles. The molecular weight excluding hydrogens is 572 g/mol. The monoisotopic (exact) mass is 612 g/mol. The smallest absolute Gasteiger partial charge is 0.382 e. The Labute approximate surface area is 248 Å². The Balaban J connectivity index is 0.00000560. The number of aliphatic hydroxyl groups excluding tert-OH is 1. The van der Waals surface area contributed by atoms with Crippen LogP contribution in [0.4, 0.5) is 5.69 Å². The van der Waals surface area contributed by atoms with E-state index in [4.69, 9.17) is 14.7 Å². The van der Waals surface area contributed by atoms with Gasteiger partial charge in [0.2, 0.25) is 0 Å². The largest absolute Gasteiger partial charge is 0.511 e. The summed E-state index contributed by atoms with van der Waals surface area (Å²) in [5, 5.41) is 11.2. The van der Waals surface area contributed by atoms with Crippen LogP contribution in [0.3, 0.4) is 0 Å². The quantitative estimate of drug-likeness (QED) is 0.209. The molecule has 2 aromatic rings. The molecule has 1 unspecified atom stereocenters. The fraction of sp³-hybridized carbons (Fsp3) is 0.483. The second-order valence-corrected chi connectivity index (χ2v) is 13.7. The van der Waals surface area contributed by atoms with Crippen molar-refractivity contribution in [1.29, 1.82) is 0 Å². The molecule has 1 aliphatic heterocycles. The molecule has 1 aliphatic rings. The number of hydrogen-bond acceptors (Lipinski definition) is 8. The second-order valence-electron chi connectivity index (χ2n) is 11.3. The van der Waals surface area contributed by atoms with E-state index in [9.17, 15) is 18.3 Å². The first-order chi connectivity index (χ1) is 18.1. The number of aliphatic hydroxyl groups is 1. The van der Waals surface area contributed by atoms with Gasteiger partial charge in [-0.25, -0.2) is 4.79 Å². The number of anilines is 1. The van der Waals surface area contributed by atoms with E-state index in [2.05, 4.69) is 4.72 Å². The molecule has 1 atom stereocenters. The van der Waals surface area contributed by atoms with Crippen molar-refractivity contribution in [3.05, 3.63) is 63.8 Å². The van der Waals surface area contributed by atoms with Crippen molar-refractivity contribution in [3.8, 4) is 5.75 Å². The van der Waals surface area contributed by atoms with Gasteiger partial charge in [-0.3, -0.25) is 0 Å². The van der Waals surface area contributed by atoms with Gasteiger partial charge in [0.1, 0.15) is 22.0 Å². The third-order valence-corrected chi connectivity index (χ3v) is 9.10. The summed E-state index contributed by atoms with van der Waals surface area (Å²) in [7, 11) is -3.96. The number of ether oxygens (including phenoxy) is 1. The lowest BCUT2D eigenvalue weighted by molar-refractivity contribution is -0.164. The molecule has 0 spiro atoms. The SMILES string of the molecule is CCNS(=O)(=O)Oc1cc(C(C)(C)C)c(SC2=C(O)CC(CCc3ccc(N)cc3)(C(C)C)OC2=O)cc1C.Cl. The fourth-order valence-electron chi connectivity index (χ4n) is 4.50. The first-order valence-electron chi connectivity index (χ1n) is 13.1. The Morgan fingerprint density at radius 1 is 1.20 bits per heavy atom. The Bertz CT molecular complexity index is 1350. The van der Waals surface area contributed by atoms with Gasteiger partial charge in [0.05, 0.1) is 0 Å². The van der Waals surface area contributed by atoms with Crippen LogP contribution in [0, 0.1) is 12.8 Å². The van der Waals surface area contributed by atoms with Gasteiger partial charge in [-0.05, 0) is 72.1 Å². The number of carbonyl (C=O) groups excluding carboxylic acids is 1. The molecule has 222 valence electrons. The summed E-state index contributed by atoms with van der Waals surface area (Å²) in [5.41, 5.74) is 7.67. The first-order valence-corrected chi connectivity index (χ1v) is 15.3. The molecule has 3 rings (SSSR count). The average Bonchev–Trinajstić information content (AvgIpc) is 2.81. The van der Waals surface area contributed by atoms with Gasteiger partial charge in [0.15, 0.2) is 0 Å². The summed E-state index contributed by atoms with van der Waals surface area (Å²) in [6.45, 7) is 13.5. The standard InChI is InChI=1S/C29H40N2O6S2.ClH/c1-8-31-39(34,35)37-24-16-22(28(5,6)7)25(15-19(24)4)38-26-23(32)17-29(18(2)3,36-27(26)33)14-13-20-9-11-21(30)12-10-20;/h9-12,15-16,18,31-32H,8,13-14,17,30H2,1-7H3;1H. The van der Waals surface area contributed by atoms with Crippen molar-refractivity contribution in [3.63, 3.8) is 0 Å². The van der Waals surface area contributed by atoms with Crippen LogP contribution in [0.15, 0.2) is 52.0 Å². The maximum atomic E-state index is 13.4. The number of cyclic esters (lactones) is 1. The highest BCUT2D eigenvalue weighted by Gasteiger charge is 2.44. The van der Waals surface area contributed by atoms with Gasteiger partial charge in [-0.15, -0.1) is 12.4 Å². The number of nitrogen functional groups attached to an aromatic ring is 1. The molecule has 0 fully saturated rings. The van der Waals surface area contributed by atoms with E-state index < -0.39 is 27.3 Å². The summed E-state index contributed by atoms with van der Waals surface area (Å²) in [6, 6.07) is 11.1. The van der Waals surface area contributed by atoms with Crippen LogP contribution in [0.5, 0.6) is 5.75 Å². The number of hydrogen-bond donors (Lipinski definition) is 3. The second kappa shape index (κ2) is 13.1. The summed E-state index contributed by atoms with van der Waals surface area (Å²) >= 11 is 1.13. The molecule has 0 radical (unpaired) electrons. The third kappa shape index (κ3) is 8.09. The topological polar surface area (TPSA) is 128 Å². The predicted molar refractivity (Wildman–Crippen MR) is 163 cm³/mol. The average molecular weight is 613 g/mol. The van der Waals surface area contributed by atoms with Crippen LogP contribution in [0.25, 0.3) is 0 Å². The normalized spacial score (nSPS) is 17.9. The van der Waals surface area contributed by atoms with E-state index in [0.717, 1.165) is 22.9 Å². The minimum absolute atomic E-state index is 0. The zero-order valence-corrected chi connectivity index (χ0v) is 26.6. The summed E-state index contributed by atoms with van der Waals surface area (Å²) < 4.78 is 38.2. The molecule has 1 heterocycles. The maximum Gasteiger partial charge on any atom is 0.382 e. The van der Waals surface area contributed by atoms with Crippen LogP contribution in [-0.2, 0) is 31.7 Å². The van der Waals surface area contributed by atoms with Crippen molar-refractivity contribution in [2.45, 2.75) is 83.6 Å². The van der Waals surface area contributed by atoms with E-state index >= 15 is 0 Å². The van der Waals surface area contributed by atoms with Gasteiger partial charge in [0, 0.05) is 23.5 Å². The number of nitrogens with two attached hydrogens (primary N) is 1. The minimum Gasteiger partial charge on any atom is -0.511 e. The van der Waals surface area contributed by atoms with Gasteiger partial charge >= 0.3 is 16.3 Å². The van der Waals surface area contributed by atoms with Crippen LogP contribution in [0.2, 0.25) is 0 Å². The summed E-state index contributed by atoms with van der Waals surface area (Å²) in [5.74, 6) is -0.389. The van der Waals surface area contributed by atoms with Crippen LogP contribution in [0.1, 0.15) is 71.1 Å². The maximum absolute atomic E-state index is 13.4. The highest BCUT2D eigenvalue weighted by molar-refractivity contribution is 8.04. The van der Waals surface area contributed by atoms with Crippen molar-refractivity contribution in [2.24, 2.45) is 5.92 Å². The number of halogens is 1. The number of aryl methyl sites for hydroxylation is 2. The molecular formula is C29H41ClN2O6S2. The van der Waals surface area contributed by atoms with Crippen molar-refractivity contribution < 1.29 is 27.2 Å². The van der Waals surface area contributed by atoms with E-state index in [0.29, 0.717) is 29.0 Å². The highest BCUT2D eigenvalue weighted by atomic mass is 35.5. The molecule has 40 heavy (non-hydrogen) atoms. The number of carbonyl (C=O) groups is 1. The predicted octanol–water partition coefficient (Wildman–Crippen LogP) is 6.37. The lowest BCUT2D eigenvalue weighted by Crippen LogP contribution is -2.44. The molecule has 8 nitrogen and oxygen atoms in total. The van der Waals surface area contributed by atoms with Crippen molar-refractivity contribution in [2.75, 3.05) is 12.3 Å². The van der Waals surface area contributed by atoms with E-state index in [1.165, 1.54) is 0 Å². The molecule has 4 N–H and O–H groups in total. The molecule has 0 amide bonds. The molecule has 0 aromatic heterocycles. The molecule has 0 bridgehead atoms. The van der Waals surface area contributed by atoms with Gasteiger partial charge in [-0.1, -0.05) is 65.4 Å². The number of nitrogens with one attached hydrogen (secondary N) is 1. The fourth-order valence-corrected chi connectivity index (χ4v) is 6.57. The van der Waals surface area contributed by atoms with Crippen molar-refractivity contribution >= 4 is 46.1 Å². The summed E-state index contributed by atoms with van der Waals surface area (Å²) in [4.78, 5) is 14.2. The van der Waals surface area contributed by atoms with Gasteiger partial charge in [-0.2, -0.15) is 13.1 Å². The zero-order chi connectivity index (χ0) is 29.2. The van der Waals surface area contributed by atoms with Crippen LogP contribution >= 0.6 is 24.2 Å². The molecule has 0 saturated heterocycles. The number of thioether (sulfide) groups is 1. The molecule has 11 heteroatoms.